The van der Waals surface area contributed by atoms with E-state index in [1.54, 1.807) is 17.8 Å². The van der Waals surface area contributed by atoms with Crippen LogP contribution in [0.2, 0.25) is 0 Å². The number of carboxylic acids is 1. The molecule has 1 aromatic rings. The molecule has 0 fully saturated rings. The van der Waals surface area contributed by atoms with Crippen molar-refractivity contribution in [3.63, 3.8) is 0 Å². The number of hydrogen-bond donors (Lipinski definition) is 2. The van der Waals surface area contributed by atoms with Gasteiger partial charge >= 0.3 is 5.97 Å². The number of carbonyl (C=O) groups is 1. The number of fused-ring (bicyclic) bond motifs is 1. The molecule has 0 aliphatic carbocycles. The van der Waals surface area contributed by atoms with Crippen molar-refractivity contribution < 1.29 is 14.6 Å². The Bertz CT molecular complexity index is 423. The molecule has 88 valence electrons. The smallest absolute Gasteiger partial charge is 0.356 e. The van der Waals surface area contributed by atoms with Crippen LogP contribution in [0.25, 0.3) is 0 Å². The summed E-state index contributed by atoms with van der Waals surface area (Å²) in [6.45, 7) is 4.83. The minimum absolute atomic E-state index is 0.0213. The van der Waals surface area contributed by atoms with Crippen LogP contribution < -0.4 is 10.1 Å². The van der Waals surface area contributed by atoms with Crippen LogP contribution >= 0.6 is 0 Å². The van der Waals surface area contributed by atoms with E-state index in [0.717, 1.165) is 5.69 Å². The molecule has 0 saturated heterocycles. The highest BCUT2D eigenvalue weighted by Gasteiger charge is 2.29. The SMILES string of the molecule is CC(C)C1CNc2cn(C)c(C(=O)O)c2O1. The molecule has 0 spiro atoms. The molecule has 0 radical (unpaired) electrons. The van der Waals surface area contributed by atoms with Gasteiger partial charge in [-0.05, 0) is 5.92 Å². The highest BCUT2D eigenvalue weighted by atomic mass is 16.5. The molecule has 16 heavy (non-hydrogen) atoms. The van der Waals surface area contributed by atoms with Gasteiger partial charge in [0.05, 0.1) is 12.2 Å². The summed E-state index contributed by atoms with van der Waals surface area (Å²) in [6, 6.07) is 0. The predicted octanol–water partition coefficient (Wildman–Crippen LogP) is 1.55. The molecule has 1 aliphatic heterocycles. The quantitative estimate of drug-likeness (QED) is 0.800. The standard InChI is InChI=1S/C11H16N2O3/c1-6(2)8-4-12-7-5-13(3)9(11(14)15)10(7)16-8/h5-6,8,12H,4H2,1-3H3,(H,14,15). The fourth-order valence-corrected chi connectivity index (χ4v) is 1.87. The summed E-state index contributed by atoms with van der Waals surface area (Å²) in [5, 5.41) is 12.3. The highest BCUT2D eigenvalue weighted by Crippen LogP contribution is 2.35. The number of aryl methyl sites for hydroxylation is 1. The van der Waals surface area contributed by atoms with Crippen LogP contribution in [0.4, 0.5) is 5.69 Å². The van der Waals surface area contributed by atoms with E-state index in [1.807, 2.05) is 0 Å². The summed E-state index contributed by atoms with van der Waals surface area (Å²) in [5.41, 5.74) is 0.963. The highest BCUT2D eigenvalue weighted by molar-refractivity contribution is 5.92. The van der Waals surface area contributed by atoms with Crippen molar-refractivity contribution in [1.29, 1.82) is 0 Å². The fraction of sp³-hybridized carbons (Fsp3) is 0.545. The third kappa shape index (κ3) is 1.62. The van der Waals surface area contributed by atoms with Crippen molar-refractivity contribution in [2.45, 2.75) is 20.0 Å². The second-order valence-electron chi connectivity index (χ2n) is 4.42. The summed E-state index contributed by atoms with van der Waals surface area (Å²) >= 11 is 0. The summed E-state index contributed by atoms with van der Waals surface area (Å²) in [5.74, 6) is -0.155. The molecule has 1 aromatic heterocycles. The number of nitrogens with zero attached hydrogens (tertiary/aromatic N) is 1. The summed E-state index contributed by atoms with van der Waals surface area (Å²) in [6.07, 6.45) is 1.77. The Hall–Kier alpha value is -1.65. The van der Waals surface area contributed by atoms with E-state index in [1.165, 1.54) is 0 Å². The first-order valence-electron chi connectivity index (χ1n) is 5.34. The van der Waals surface area contributed by atoms with Gasteiger partial charge in [-0.1, -0.05) is 13.8 Å². The average molecular weight is 224 g/mol. The van der Waals surface area contributed by atoms with Crippen LogP contribution in [0.5, 0.6) is 5.75 Å². The molecule has 0 amide bonds. The first-order chi connectivity index (χ1) is 7.50. The lowest BCUT2D eigenvalue weighted by molar-refractivity contribution is 0.0674. The number of nitrogens with one attached hydrogen (secondary N) is 1. The normalized spacial score (nSPS) is 18.9. The van der Waals surface area contributed by atoms with Crippen molar-refractivity contribution in [1.82, 2.24) is 4.57 Å². The molecule has 1 aliphatic rings. The van der Waals surface area contributed by atoms with Crippen molar-refractivity contribution in [2.75, 3.05) is 11.9 Å². The maximum atomic E-state index is 11.1. The topological polar surface area (TPSA) is 63.5 Å². The molecule has 2 rings (SSSR count). The van der Waals surface area contributed by atoms with Crippen molar-refractivity contribution in [2.24, 2.45) is 13.0 Å². The second kappa shape index (κ2) is 3.73. The molecule has 2 N–H and O–H groups in total. The van der Waals surface area contributed by atoms with Crippen LogP contribution in [-0.4, -0.2) is 28.3 Å². The maximum absolute atomic E-state index is 11.1. The van der Waals surface area contributed by atoms with E-state index in [4.69, 9.17) is 9.84 Å². The van der Waals surface area contributed by atoms with Crippen LogP contribution in [0, 0.1) is 5.92 Å². The molecule has 5 heteroatoms. The lowest BCUT2D eigenvalue weighted by atomic mass is 10.1. The number of carboxylic acid groups (broad SMARTS) is 1. The number of aromatic nitrogens is 1. The van der Waals surface area contributed by atoms with Gasteiger partial charge < -0.3 is 19.7 Å². The Labute approximate surface area is 94.0 Å². The van der Waals surface area contributed by atoms with Crippen LogP contribution in [0.3, 0.4) is 0 Å². The number of aromatic carboxylic acids is 1. The molecular weight excluding hydrogens is 208 g/mol. The minimum Gasteiger partial charge on any atom is -0.484 e. The Balaban J connectivity index is 2.39. The van der Waals surface area contributed by atoms with E-state index in [-0.39, 0.29) is 11.8 Å². The third-order valence-electron chi connectivity index (χ3n) is 2.84. The molecule has 2 heterocycles. The summed E-state index contributed by atoms with van der Waals surface area (Å²) < 4.78 is 7.31. The second-order valence-corrected chi connectivity index (χ2v) is 4.42. The van der Waals surface area contributed by atoms with E-state index < -0.39 is 5.97 Å². The maximum Gasteiger partial charge on any atom is 0.356 e. The minimum atomic E-state index is -0.963. The zero-order valence-electron chi connectivity index (χ0n) is 9.65. The van der Waals surface area contributed by atoms with Gasteiger partial charge in [-0.25, -0.2) is 4.79 Å². The third-order valence-corrected chi connectivity index (χ3v) is 2.84. The molecule has 0 bridgehead atoms. The van der Waals surface area contributed by atoms with Gasteiger partial charge in [-0.2, -0.15) is 0 Å². The molecule has 1 unspecified atom stereocenters. The number of ether oxygens (including phenoxy) is 1. The molecular formula is C11H16N2O3. The zero-order chi connectivity index (χ0) is 11.9. The summed E-state index contributed by atoms with van der Waals surface area (Å²) in [4.78, 5) is 11.1. The Morgan fingerprint density at radius 3 is 2.94 bits per heavy atom. The molecule has 0 saturated carbocycles. The van der Waals surface area contributed by atoms with E-state index in [0.29, 0.717) is 18.2 Å². The zero-order valence-corrected chi connectivity index (χ0v) is 9.65. The van der Waals surface area contributed by atoms with E-state index >= 15 is 0 Å². The van der Waals surface area contributed by atoms with Gasteiger partial charge in [-0.3, -0.25) is 0 Å². The summed E-state index contributed by atoms with van der Waals surface area (Å²) in [7, 11) is 1.71. The first kappa shape index (κ1) is 10.9. The van der Waals surface area contributed by atoms with Gasteiger partial charge in [0, 0.05) is 13.2 Å². The largest absolute Gasteiger partial charge is 0.484 e. The van der Waals surface area contributed by atoms with Gasteiger partial charge in [0.25, 0.3) is 0 Å². The van der Waals surface area contributed by atoms with Crippen molar-refractivity contribution in [3.8, 4) is 5.75 Å². The van der Waals surface area contributed by atoms with E-state index in [9.17, 15) is 4.79 Å². The molecule has 5 nitrogen and oxygen atoms in total. The first-order valence-corrected chi connectivity index (χ1v) is 5.34. The predicted molar refractivity (Wildman–Crippen MR) is 60.1 cm³/mol. The average Bonchev–Trinajstić information content (AvgIpc) is 2.51. The lowest BCUT2D eigenvalue weighted by Crippen LogP contribution is -2.35. The van der Waals surface area contributed by atoms with Gasteiger partial charge in [0.1, 0.15) is 6.10 Å². The monoisotopic (exact) mass is 224 g/mol. The fourth-order valence-electron chi connectivity index (χ4n) is 1.87. The Kier molecular flexibility index (Phi) is 2.53. The van der Waals surface area contributed by atoms with Gasteiger partial charge in [0.15, 0.2) is 11.4 Å². The molecule has 0 aromatic carbocycles. The number of rotatable bonds is 2. The van der Waals surface area contributed by atoms with Crippen molar-refractivity contribution in [3.05, 3.63) is 11.9 Å². The number of anilines is 1. The Morgan fingerprint density at radius 1 is 1.69 bits per heavy atom. The number of hydrogen-bond acceptors (Lipinski definition) is 3. The van der Waals surface area contributed by atoms with Gasteiger partial charge in [0.2, 0.25) is 0 Å². The van der Waals surface area contributed by atoms with Crippen LogP contribution in [-0.2, 0) is 7.05 Å². The van der Waals surface area contributed by atoms with Gasteiger partial charge in [-0.15, -0.1) is 0 Å². The van der Waals surface area contributed by atoms with Crippen LogP contribution in [0.15, 0.2) is 6.20 Å². The van der Waals surface area contributed by atoms with E-state index in [2.05, 4.69) is 19.2 Å². The van der Waals surface area contributed by atoms with Crippen molar-refractivity contribution >= 4 is 11.7 Å². The van der Waals surface area contributed by atoms with Crippen LogP contribution in [0.1, 0.15) is 24.3 Å². The molecule has 1 atom stereocenters. The Morgan fingerprint density at radius 2 is 2.38 bits per heavy atom. The lowest BCUT2D eigenvalue weighted by Gasteiger charge is -2.28.